The summed E-state index contributed by atoms with van der Waals surface area (Å²) in [5.41, 5.74) is 1.17. The highest BCUT2D eigenvalue weighted by Gasteiger charge is 2.09. The van der Waals surface area contributed by atoms with Gasteiger partial charge in [-0.1, -0.05) is 23.7 Å². The van der Waals surface area contributed by atoms with E-state index in [4.69, 9.17) is 11.6 Å². The standard InChI is InChI=1S/C13H8BrClNO/c14-12-4-2-1-3-11(12)13(17)16-10-7-5-9(15)6-8-10/h1-2,4-8H,(H,16,17). The van der Waals surface area contributed by atoms with Gasteiger partial charge >= 0.3 is 0 Å². The highest BCUT2D eigenvalue weighted by molar-refractivity contribution is 9.10. The minimum atomic E-state index is -0.209. The zero-order valence-corrected chi connectivity index (χ0v) is 11.0. The molecule has 1 radical (unpaired) electrons. The van der Waals surface area contributed by atoms with Crippen LogP contribution in [0.2, 0.25) is 5.02 Å². The van der Waals surface area contributed by atoms with E-state index in [0.717, 1.165) is 0 Å². The third-order valence-corrected chi connectivity index (χ3v) is 3.05. The lowest BCUT2D eigenvalue weighted by molar-refractivity contribution is 0.102. The van der Waals surface area contributed by atoms with Gasteiger partial charge in [-0.05, 0) is 52.3 Å². The second-order valence-corrected chi connectivity index (χ2v) is 4.64. The molecular weight excluding hydrogens is 302 g/mol. The number of anilines is 1. The minimum absolute atomic E-state index is 0.209. The molecule has 4 heteroatoms. The van der Waals surface area contributed by atoms with Gasteiger partial charge in [0.2, 0.25) is 0 Å². The molecule has 1 amide bonds. The topological polar surface area (TPSA) is 29.1 Å². The number of carbonyl (C=O) groups excluding carboxylic acids is 1. The Morgan fingerprint density at radius 2 is 1.94 bits per heavy atom. The minimum Gasteiger partial charge on any atom is -0.322 e. The molecule has 0 unspecified atom stereocenters. The summed E-state index contributed by atoms with van der Waals surface area (Å²) in [7, 11) is 0. The summed E-state index contributed by atoms with van der Waals surface area (Å²) in [6, 6.07) is 15.1. The lowest BCUT2D eigenvalue weighted by Gasteiger charge is -2.06. The molecule has 0 aromatic heterocycles. The van der Waals surface area contributed by atoms with Crippen molar-refractivity contribution in [3.05, 3.63) is 63.6 Å². The van der Waals surface area contributed by atoms with Crippen LogP contribution in [0, 0.1) is 6.07 Å². The van der Waals surface area contributed by atoms with Crippen molar-refractivity contribution in [1.29, 1.82) is 0 Å². The maximum Gasteiger partial charge on any atom is 0.257 e. The Labute approximate surface area is 113 Å². The fourth-order valence-electron chi connectivity index (χ4n) is 1.32. The molecule has 0 heterocycles. The molecule has 0 atom stereocenters. The van der Waals surface area contributed by atoms with Crippen LogP contribution in [0.5, 0.6) is 0 Å². The van der Waals surface area contributed by atoms with E-state index in [1.807, 2.05) is 6.07 Å². The number of benzene rings is 2. The van der Waals surface area contributed by atoms with Crippen molar-refractivity contribution >= 4 is 39.1 Å². The molecule has 1 N–H and O–H groups in total. The van der Waals surface area contributed by atoms with E-state index in [-0.39, 0.29) is 5.91 Å². The van der Waals surface area contributed by atoms with Crippen LogP contribution in [0.4, 0.5) is 5.69 Å². The molecule has 2 nitrogen and oxygen atoms in total. The summed E-state index contributed by atoms with van der Waals surface area (Å²) in [5.74, 6) is -0.209. The van der Waals surface area contributed by atoms with Crippen LogP contribution in [0.3, 0.4) is 0 Å². The third-order valence-electron chi connectivity index (χ3n) is 2.13. The monoisotopic (exact) mass is 308 g/mol. The molecule has 0 saturated carbocycles. The molecule has 0 saturated heterocycles. The summed E-state index contributed by atoms with van der Waals surface area (Å²) in [6.45, 7) is 0. The first-order valence-corrected chi connectivity index (χ1v) is 6.07. The maximum atomic E-state index is 11.9. The zero-order chi connectivity index (χ0) is 12.3. The summed E-state index contributed by atoms with van der Waals surface area (Å²) >= 11 is 9.07. The van der Waals surface area contributed by atoms with Crippen LogP contribution in [0.1, 0.15) is 10.4 Å². The highest BCUT2D eigenvalue weighted by Crippen LogP contribution is 2.18. The van der Waals surface area contributed by atoms with Crippen molar-refractivity contribution in [2.75, 3.05) is 5.32 Å². The van der Waals surface area contributed by atoms with Crippen molar-refractivity contribution in [2.45, 2.75) is 0 Å². The highest BCUT2D eigenvalue weighted by atomic mass is 79.9. The Hall–Kier alpha value is -1.32. The van der Waals surface area contributed by atoms with Gasteiger partial charge in [0.25, 0.3) is 5.91 Å². The van der Waals surface area contributed by atoms with Crippen molar-refractivity contribution in [1.82, 2.24) is 0 Å². The Balaban J connectivity index is 2.17. The molecule has 0 aliphatic rings. The van der Waals surface area contributed by atoms with Gasteiger partial charge in [0, 0.05) is 15.2 Å². The van der Waals surface area contributed by atoms with Crippen LogP contribution in [0.15, 0.2) is 46.9 Å². The summed E-state index contributed by atoms with van der Waals surface area (Å²) in [5, 5.41) is 3.40. The number of hydrogen-bond donors (Lipinski definition) is 1. The van der Waals surface area contributed by atoms with Crippen molar-refractivity contribution < 1.29 is 4.79 Å². The van der Waals surface area contributed by atoms with E-state index in [1.54, 1.807) is 36.4 Å². The van der Waals surface area contributed by atoms with Crippen LogP contribution in [-0.4, -0.2) is 5.91 Å². The van der Waals surface area contributed by atoms with Gasteiger partial charge in [0.05, 0.1) is 5.56 Å². The fourth-order valence-corrected chi connectivity index (χ4v) is 1.89. The second kappa shape index (κ2) is 5.34. The van der Waals surface area contributed by atoms with Crippen LogP contribution in [-0.2, 0) is 0 Å². The Morgan fingerprint density at radius 3 is 2.59 bits per heavy atom. The van der Waals surface area contributed by atoms with Gasteiger partial charge < -0.3 is 5.32 Å². The molecule has 17 heavy (non-hydrogen) atoms. The summed E-state index contributed by atoms with van der Waals surface area (Å²) in [4.78, 5) is 11.9. The summed E-state index contributed by atoms with van der Waals surface area (Å²) in [6.07, 6.45) is 0. The van der Waals surface area contributed by atoms with Crippen molar-refractivity contribution in [2.24, 2.45) is 0 Å². The van der Waals surface area contributed by atoms with Gasteiger partial charge in [-0.25, -0.2) is 0 Å². The first kappa shape index (κ1) is 12.1. The molecule has 0 aliphatic carbocycles. The fraction of sp³-hybridized carbons (Fsp3) is 0. The quantitative estimate of drug-likeness (QED) is 0.887. The number of carbonyl (C=O) groups is 1. The molecule has 85 valence electrons. The largest absolute Gasteiger partial charge is 0.322 e. The molecule has 0 spiro atoms. The lowest BCUT2D eigenvalue weighted by atomic mass is 10.2. The van der Waals surface area contributed by atoms with E-state index >= 15 is 0 Å². The van der Waals surface area contributed by atoms with Crippen molar-refractivity contribution in [3.8, 4) is 0 Å². The zero-order valence-electron chi connectivity index (χ0n) is 8.71. The SMILES string of the molecule is O=C(Nc1ccc(Cl)cc1)c1[c]cccc1Br. The van der Waals surface area contributed by atoms with Crippen LogP contribution >= 0.6 is 27.5 Å². The molecule has 2 rings (SSSR count). The normalized spacial score (nSPS) is 10.0. The Morgan fingerprint density at radius 1 is 1.24 bits per heavy atom. The lowest BCUT2D eigenvalue weighted by Crippen LogP contribution is -2.12. The third kappa shape index (κ3) is 3.08. The van der Waals surface area contributed by atoms with E-state index in [0.29, 0.717) is 20.7 Å². The first-order chi connectivity index (χ1) is 8.16. The number of hydrogen-bond acceptors (Lipinski definition) is 1. The average molecular weight is 310 g/mol. The molecule has 2 aromatic rings. The van der Waals surface area contributed by atoms with E-state index < -0.39 is 0 Å². The number of amides is 1. The number of halogens is 2. The van der Waals surface area contributed by atoms with E-state index in [2.05, 4.69) is 27.3 Å². The molecule has 0 aliphatic heterocycles. The summed E-state index contributed by atoms with van der Waals surface area (Å²) < 4.78 is 0.714. The van der Waals surface area contributed by atoms with Gasteiger partial charge in [-0.15, -0.1) is 0 Å². The number of rotatable bonds is 2. The molecule has 0 bridgehead atoms. The van der Waals surface area contributed by atoms with Gasteiger partial charge in [0.15, 0.2) is 0 Å². The Bertz CT molecular complexity index is 539. The molecule has 0 fully saturated rings. The first-order valence-electron chi connectivity index (χ1n) is 4.90. The molecular formula is C13H8BrClNO. The van der Waals surface area contributed by atoms with Gasteiger partial charge in [-0.2, -0.15) is 0 Å². The van der Waals surface area contributed by atoms with Crippen molar-refractivity contribution in [3.63, 3.8) is 0 Å². The predicted molar refractivity (Wildman–Crippen MR) is 72.4 cm³/mol. The Kier molecular flexibility index (Phi) is 3.82. The molecule has 2 aromatic carbocycles. The maximum absolute atomic E-state index is 11.9. The van der Waals surface area contributed by atoms with Gasteiger partial charge in [-0.3, -0.25) is 4.79 Å². The van der Waals surface area contributed by atoms with Crippen LogP contribution < -0.4 is 5.32 Å². The second-order valence-electron chi connectivity index (χ2n) is 3.35. The number of nitrogens with one attached hydrogen (secondary N) is 1. The smallest absolute Gasteiger partial charge is 0.257 e. The van der Waals surface area contributed by atoms with E-state index in [1.165, 1.54) is 0 Å². The van der Waals surface area contributed by atoms with Gasteiger partial charge in [0.1, 0.15) is 0 Å². The average Bonchev–Trinajstić information content (AvgIpc) is 2.32. The predicted octanol–water partition coefficient (Wildman–Crippen LogP) is 4.15. The van der Waals surface area contributed by atoms with E-state index in [9.17, 15) is 4.79 Å². The van der Waals surface area contributed by atoms with Crippen LogP contribution in [0.25, 0.3) is 0 Å².